The molecule has 1 atom stereocenters. The van der Waals surface area contributed by atoms with Gasteiger partial charge in [-0.2, -0.15) is 0 Å². The lowest BCUT2D eigenvalue weighted by Crippen LogP contribution is -2.41. The van der Waals surface area contributed by atoms with E-state index < -0.39 is 0 Å². The van der Waals surface area contributed by atoms with Gasteiger partial charge < -0.3 is 10.1 Å². The Morgan fingerprint density at radius 2 is 1.89 bits per heavy atom. The third kappa shape index (κ3) is 5.32. The number of hydrogen-bond donors (Lipinski definition) is 1. The maximum Gasteiger partial charge on any atom is 0.118 e. The molecule has 1 aromatic rings. The molecule has 1 aromatic carbocycles. The van der Waals surface area contributed by atoms with E-state index in [9.17, 15) is 0 Å². The molecule has 0 amide bonds. The van der Waals surface area contributed by atoms with Crippen LogP contribution in [-0.2, 0) is 0 Å². The number of hydrogen-bond acceptors (Lipinski definition) is 3. The summed E-state index contributed by atoms with van der Waals surface area (Å²) in [7, 11) is 1.70. The molecule has 0 radical (unpaired) electrons. The first-order valence-corrected chi connectivity index (χ1v) is 7.40. The smallest absolute Gasteiger partial charge is 0.118 e. The molecule has 18 heavy (non-hydrogen) atoms. The predicted octanol–water partition coefficient (Wildman–Crippen LogP) is 3.95. The largest absolute Gasteiger partial charge is 0.497 e. The Balaban J connectivity index is 2.41. The van der Waals surface area contributed by atoms with E-state index >= 15 is 0 Å². The Hall–Kier alpha value is -0.670. The third-order valence-electron chi connectivity index (χ3n) is 3.15. The van der Waals surface area contributed by atoms with E-state index in [-0.39, 0.29) is 5.54 Å². The average Bonchev–Trinajstić information content (AvgIpc) is 2.37. The lowest BCUT2D eigenvalue weighted by Gasteiger charge is -2.26. The van der Waals surface area contributed by atoms with Crippen molar-refractivity contribution in [2.24, 2.45) is 0 Å². The standard InChI is InChI=1S/C15H25NOS/c1-6-15(3,4)16-11-12(2)18-14-9-7-13(17-5)8-10-14/h7-10,12,16H,6,11H2,1-5H3. The van der Waals surface area contributed by atoms with E-state index in [0.717, 1.165) is 18.7 Å². The van der Waals surface area contributed by atoms with Gasteiger partial charge in [0.2, 0.25) is 0 Å². The summed E-state index contributed by atoms with van der Waals surface area (Å²) < 4.78 is 5.16. The fraction of sp³-hybridized carbons (Fsp3) is 0.600. The number of methoxy groups -OCH3 is 1. The molecule has 0 aromatic heterocycles. The molecule has 1 rings (SSSR count). The SMILES string of the molecule is CCC(C)(C)NCC(C)Sc1ccc(OC)cc1. The van der Waals surface area contributed by atoms with Gasteiger partial charge in [-0.25, -0.2) is 0 Å². The Morgan fingerprint density at radius 1 is 1.28 bits per heavy atom. The van der Waals surface area contributed by atoms with Crippen molar-refractivity contribution in [2.45, 2.75) is 49.8 Å². The van der Waals surface area contributed by atoms with Gasteiger partial charge in [0, 0.05) is 22.2 Å². The zero-order valence-electron chi connectivity index (χ0n) is 12.1. The Labute approximate surface area is 116 Å². The van der Waals surface area contributed by atoms with E-state index in [1.54, 1.807) is 7.11 Å². The Morgan fingerprint density at radius 3 is 2.39 bits per heavy atom. The summed E-state index contributed by atoms with van der Waals surface area (Å²) in [4.78, 5) is 1.29. The lowest BCUT2D eigenvalue weighted by atomic mass is 10.0. The maximum absolute atomic E-state index is 5.16. The first-order valence-electron chi connectivity index (χ1n) is 6.52. The van der Waals surface area contributed by atoms with Gasteiger partial charge in [0.15, 0.2) is 0 Å². The summed E-state index contributed by atoms with van der Waals surface area (Å²) >= 11 is 1.90. The number of nitrogens with one attached hydrogen (secondary N) is 1. The second-order valence-corrected chi connectivity index (χ2v) is 6.73. The third-order valence-corrected chi connectivity index (χ3v) is 4.26. The highest BCUT2D eigenvalue weighted by Crippen LogP contribution is 2.25. The first kappa shape index (κ1) is 15.4. The molecular weight excluding hydrogens is 242 g/mol. The molecular formula is C15H25NOS. The van der Waals surface area contributed by atoms with Gasteiger partial charge in [0.1, 0.15) is 5.75 Å². The van der Waals surface area contributed by atoms with Crippen LogP contribution in [0, 0.1) is 0 Å². The minimum atomic E-state index is 0.231. The number of ether oxygens (including phenoxy) is 1. The van der Waals surface area contributed by atoms with Crippen molar-refractivity contribution in [3.63, 3.8) is 0 Å². The molecule has 1 unspecified atom stereocenters. The van der Waals surface area contributed by atoms with Crippen LogP contribution in [0.25, 0.3) is 0 Å². The minimum Gasteiger partial charge on any atom is -0.497 e. The first-order chi connectivity index (χ1) is 8.46. The highest BCUT2D eigenvalue weighted by Gasteiger charge is 2.15. The van der Waals surface area contributed by atoms with E-state index in [4.69, 9.17) is 4.74 Å². The molecule has 2 nitrogen and oxygen atoms in total. The van der Waals surface area contributed by atoms with Crippen LogP contribution in [0.1, 0.15) is 34.1 Å². The van der Waals surface area contributed by atoms with Crippen LogP contribution < -0.4 is 10.1 Å². The molecule has 0 aliphatic heterocycles. The van der Waals surface area contributed by atoms with Gasteiger partial charge in [0.05, 0.1) is 7.11 Å². The molecule has 0 fully saturated rings. The summed E-state index contributed by atoms with van der Waals surface area (Å²) in [6.45, 7) is 10.00. The molecule has 0 bridgehead atoms. The van der Waals surface area contributed by atoms with Crippen LogP contribution in [0.15, 0.2) is 29.2 Å². The minimum absolute atomic E-state index is 0.231. The van der Waals surface area contributed by atoms with Crippen molar-refractivity contribution < 1.29 is 4.74 Å². The van der Waals surface area contributed by atoms with E-state index in [2.05, 4.69) is 45.1 Å². The van der Waals surface area contributed by atoms with E-state index in [1.165, 1.54) is 4.90 Å². The van der Waals surface area contributed by atoms with Crippen LogP contribution in [0.2, 0.25) is 0 Å². The molecule has 102 valence electrons. The van der Waals surface area contributed by atoms with E-state index in [0.29, 0.717) is 5.25 Å². The average molecular weight is 267 g/mol. The maximum atomic E-state index is 5.16. The summed E-state index contributed by atoms with van der Waals surface area (Å²) in [5.41, 5.74) is 0.231. The van der Waals surface area contributed by atoms with Crippen molar-refractivity contribution in [1.29, 1.82) is 0 Å². The van der Waals surface area contributed by atoms with Gasteiger partial charge in [0.25, 0.3) is 0 Å². The van der Waals surface area contributed by atoms with Gasteiger partial charge >= 0.3 is 0 Å². The molecule has 3 heteroatoms. The highest BCUT2D eigenvalue weighted by atomic mass is 32.2. The molecule has 0 aliphatic rings. The molecule has 1 N–H and O–H groups in total. The molecule has 0 aliphatic carbocycles. The molecule has 0 saturated heterocycles. The zero-order valence-corrected chi connectivity index (χ0v) is 12.9. The monoisotopic (exact) mass is 267 g/mol. The van der Waals surface area contributed by atoms with Crippen molar-refractivity contribution in [3.05, 3.63) is 24.3 Å². The normalized spacial score (nSPS) is 13.4. The number of benzene rings is 1. The fourth-order valence-corrected chi connectivity index (χ4v) is 2.40. The van der Waals surface area contributed by atoms with Crippen molar-refractivity contribution in [2.75, 3.05) is 13.7 Å². The summed E-state index contributed by atoms with van der Waals surface area (Å²) in [6.07, 6.45) is 1.15. The van der Waals surface area contributed by atoms with Crippen molar-refractivity contribution >= 4 is 11.8 Å². The van der Waals surface area contributed by atoms with Gasteiger partial charge in [-0.1, -0.05) is 13.8 Å². The van der Waals surface area contributed by atoms with Crippen LogP contribution >= 0.6 is 11.8 Å². The number of thioether (sulfide) groups is 1. The van der Waals surface area contributed by atoms with Crippen LogP contribution in [0.3, 0.4) is 0 Å². The Kier molecular flexibility index (Phi) is 6.03. The van der Waals surface area contributed by atoms with Crippen LogP contribution in [0.5, 0.6) is 5.75 Å². The van der Waals surface area contributed by atoms with Crippen molar-refractivity contribution in [1.82, 2.24) is 5.32 Å². The summed E-state index contributed by atoms with van der Waals surface area (Å²) in [5, 5.41) is 4.17. The predicted molar refractivity (Wildman–Crippen MR) is 80.7 cm³/mol. The lowest BCUT2D eigenvalue weighted by molar-refractivity contribution is 0.379. The Bertz CT molecular complexity index is 348. The van der Waals surface area contributed by atoms with Gasteiger partial charge in [-0.05, 0) is 44.5 Å². The van der Waals surface area contributed by atoms with Crippen molar-refractivity contribution in [3.8, 4) is 5.75 Å². The second kappa shape index (κ2) is 7.05. The van der Waals surface area contributed by atoms with E-state index in [1.807, 2.05) is 23.9 Å². The fourth-order valence-electron chi connectivity index (χ4n) is 1.47. The van der Waals surface area contributed by atoms with Gasteiger partial charge in [-0.3, -0.25) is 0 Å². The zero-order chi connectivity index (χ0) is 13.6. The second-order valence-electron chi connectivity index (χ2n) is 5.22. The topological polar surface area (TPSA) is 21.3 Å². The summed E-state index contributed by atoms with van der Waals surface area (Å²) in [5.74, 6) is 0.914. The highest BCUT2D eigenvalue weighted by molar-refractivity contribution is 8.00. The van der Waals surface area contributed by atoms with Crippen LogP contribution in [-0.4, -0.2) is 24.4 Å². The molecule has 0 spiro atoms. The quantitative estimate of drug-likeness (QED) is 0.756. The number of rotatable bonds is 7. The molecule has 0 saturated carbocycles. The van der Waals surface area contributed by atoms with Gasteiger partial charge in [-0.15, -0.1) is 11.8 Å². The van der Waals surface area contributed by atoms with Crippen LogP contribution in [0.4, 0.5) is 0 Å². The molecule has 0 heterocycles. The summed E-state index contributed by atoms with van der Waals surface area (Å²) in [6, 6.07) is 8.26.